The first-order valence-electron chi connectivity index (χ1n) is 4.14. The van der Waals surface area contributed by atoms with Crippen molar-refractivity contribution >= 4 is 20.2 Å². The molecule has 0 aromatic heterocycles. The fourth-order valence-corrected chi connectivity index (χ4v) is 1.42. The molecule has 0 radical (unpaired) electrons. The van der Waals surface area contributed by atoms with Gasteiger partial charge >= 0.3 is 0 Å². The highest BCUT2D eigenvalue weighted by molar-refractivity contribution is 7.86. The van der Waals surface area contributed by atoms with E-state index in [4.69, 9.17) is 5.73 Å². The number of nitrogens with two attached hydrogens (primary N) is 1. The van der Waals surface area contributed by atoms with E-state index in [1.807, 2.05) is 0 Å². The van der Waals surface area contributed by atoms with Crippen molar-refractivity contribution in [1.29, 1.82) is 0 Å². The third-order valence-electron chi connectivity index (χ3n) is 1.42. The van der Waals surface area contributed by atoms with Gasteiger partial charge in [0.05, 0.1) is 37.9 Å². The molecule has 0 saturated carbocycles. The summed E-state index contributed by atoms with van der Waals surface area (Å²) < 4.78 is 50.9. The Kier molecular flexibility index (Phi) is 8.50. The maximum atomic E-state index is 10.6. The minimum absolute atomic E-state index is 0. The van der Waals surface area contributed by atoms with Crippen LogP contribution in [0.5, 0.6) is 0 Å². The first-order valence-corrected chi connectivity index (χ1v) is 7.77. The molecule has 2 atom stereocenters. The Balaban J connectivity index is 0. The highest BCUT2D eigenvalue weighted by Crippen LogP contribution is 1.98. The number of rotatable bonds is 7. The van der Waals surface area contributed by atoms with E-state index in [1.54, 1.807) is 0 Å². The van der Waals surface area contributed by atoms with Crippen molar-refractivity contribution in [2.75, 3.05) is 25.7 Å². The van der Waals surface area contributed by atoms with Gasteiger partial charge in [-0.25, -0.2) is 0 Å². The predicted molar refractivity (Wildman–Crippen MR) is 55.6 cm³/mol. The minimum atomic E-state index is -3.67. The third-order valence-corrected chi connectivity index (χ3v) is 2.55. The molecule has 0 amide bonds. The van der Waals surface area contributed by atoms with E-state index >= 15 is 0 Å². The van der Waals surface area contributed by atoms with E-state index in [0.717, 1.165) is 12.5 Å². The number of hydrogen-bond donors (Lipinski definition) is 2. The molecule has 0 aromatic carbocycles. The average molecular weight is 313 g/mol. The molecular formula is C6H15ClNO7S2-. The molecule has 11 heteroatoms. The van der Waals surface area contributed by atoms with Gasteiger partial charge in [-0.05, 0) is 0 Å². The second-order valence-electron chi connectivity index (χ2n) is 3.21. The Morgan fingerprint density at radius 2 is 1.41 bits per heavy atom. The summed E-state index contributed by atoms with van der Waals surface area (Å²) in [7, 11) is -7.32. The first kappa shape index (κ1) is 19.4. The zero-order valence-corrected chi connectivity index (χ0v) is 11.6. The standard InChI is InChI=1S/C6H15NO7S2.ClH/c1-15(9,10)13-3-5(7)6(8)4-14-16(2,11)12;/h5-6,8H,3-4,7H2,1-2H3;1H/p-1/t5-,6?;/m0./s1. The summed E-state index contributed by atoms with van der Waals surface area (Å²) in [6.45, 7) is -1.000. The molecule has 0 rings (SSSR count). The van der Waals surface area contributed by atoms with Crippen molar-refractivity contribution < 1.29 is 42.7 Å². The van der Waals surface area contributed by atoms with Crippen LogP contribution in [0, 0.1) is 0 Å². The van der Waals surface area contributed by atoms with Crippen LogP contribution in [0.1, 0.15) is 0 Å². The minimum Gasteiger partial charge on any atom is -1.00 e. The smallest absolute Gasteiger partial charge is 0.264 e. The quantitative estimate of drug-likeness (QED) is 0.445. The summed E-state index contributed by atoms with van der Waals surface area (Å²) in [6, 6.07) is -1.06. The molecule has 0 bridgehead atoms. The van der Waals surface area contributed by atoms with Crippen LogP contribution in [0.2, 0.25) is 0 Å². The lowest BCUT2D eigenvalue weighted by Gasteiger charge is -2.17. The molecule has 0 saturated heterocycles. The summed E-state index contributed by atoms with van der Waals surface area (Å²) in [5, 5.41) is 9.29. The normalized spacial score (nSPS) is 16.0. The van der Waals surface area contributed by atoms with Crippen LogP contribution in [0.25, 0.3) is 0 Å². The van der Waals surface area contributed by atoms with E-state index < -0.39 is 45.6 Å². The molecule has 1 unspecified atom stereocenters. The van der Waals surface area contributed by atoms with Crippen LogP contribution in [0.15, 0.2) is 0 Å². The van der Waals surface area contributed by atoms with Gasteiger partial charge in [-0.3, -0.25) is 8.37 Å². The lowest BCUT2D eigenvalue weighted by Crippen LogP contribution is -3.00. The van der Waals surface area contributed by atoms with Gasteiger partial charge in [-0.15, -0.1) is 0 Å². The van der Waals surface area contributed by atoms with Gasteiger partial charge in [0.2, 0.25) is 0 Å². The van der Waals surface area contributed by atoms with Crippen molar-refractivity contribution in [3.05, 3.63) is 0 Å². The van der Waals surface area contributed by atoms with Crippen LogP contribution in [-0.2, 0) is 28.6 Å². The molecule has 3 N–H and O–H groups in total. The fraction of sp³-hybridized carbons (Fsp3) is 1.00. The first-order chi connectivity index (χ1) is 7.01. The SMILES string of the molecule is CS(=O)(=O)OCC(O)[C@@H](N)COS(C)(=O)=O.[Cl-]. The predicted octanol–water partition coefficient (Wildman–Crippen LogP) is -5.37. The van der Waals surface area contributed by atoms with Gasteiger partial charge in [0.25, 0.3) is 20.2 Å². The number of aliphatic hydroxyl groups excluding tert-OH is 1. The van der Waals surface area contributed by atoms with Crippen molar-refractivity contribution in [3.63, 3.8) is 0 Å². The molecule has 0 spiro atoms. The second-order valence-corrected chi connectivity index (χ2v) is 6.50. The summed E-state index contributed by atoms with van der Waals surface area (Å²) in [4.78, 5) is 0. The van der Waals surface area contributed by atoms with Crippen molar-refractivity contribution in [3.8, 4) is 0 Å². The van der Waals surface area contributed by atoms with Gasteiger partial charge in [-0.1, -0.05) is 0 Å². The Hall–Kier alpha value is 0.0300. The monoisotopic (exact) mass is 312 g/mol. The summed E-state index contributed by atoms with van der Waals surface area (Å²) in [6.07, 6.45) is 0.314. The van der Waals surface area contributed by atoms with Gasteiger partial charge in [0.1, 0.15) is 0 Å². The van der Waals surface area contributed by atoms with Gasteiger partial charge in [0, 0.05) is 0 Å². The van der Waals surface area contributed by atoms with Crippen molar-refractivity contribution in [1.82, 2.24) is 0 Å². The highest BCUT2D eigenvalue weighted by Gasteiger charge is 2.19. The molecule has 106 valence electrons. The molecule has 17 heavy (non-hydrogen) atoms. The van der Waals surface area contributed by atoms with Crippen molar-refractivity contribution in [2.24, 2.45) is 5.73 Å². The Bertz CT molecular complexity index is 366. The maximum absolute atomic E-state index is 10.6. The molecule has 0 heterocycles. The van der Waals surface area contributed by atoms with E-state index in [9.17, 15) is 21.9 Å². The van der Waals surface area contributed by atoms with E-state index in [-0.39, 0.29) is 12.4 Å². The molecule has 8 nitrogen and oxygen atoms in total. The number of aliphatic hydroxyl groups is 1. The van der Waals surface area contributed by atoms with Gasteiger partial charge in [-0.2, -0.15) is 16.8 Å². The number of halogens is 1. The van der Waals surface area contributed by atoms with Crippen molar-refractivity contribution in [2.45, 2.75) is 12.1 Å². The highest BCUT2D eigenvalue weighted by atomic mass is 35.5. The van der Waals surface area contributed by atoms with Gasteiger partial charge < -0.3 is 23.2 Å². The Morgan fingerprint density at radius 3 is 1.76 bits per heavy atom. The van der Waals surface area contributed by atoms with E-state index in [2.05, 4.69) is 8.37 Å². The summed E-state index contributed by atoms with van der Waals surface area (Å²) >= 11 is 0. The molecular weight excluding hydrogens is 298 g/mol. The molecule has 0 aliphatic rings. The Labute approximate surface area is 107 Å². The van der Waals surface area contributed by atoms with E-state index in [1.165, 1.54) is 0 Å². The van der Waals surface area contributed by atoms with E-state index in [0.29, 0.717) is 0 Å². The molecule has 0 aliphatic carbocycles. The largest absolute Gasteiger partial charge is 1.00 e. The fourth-order valence-electron chi connectivity index (χ4n) is 0.630. The van der Waals surface area contributed by atoms with Crippen LogP contribution in [-0.4, -0.2) is 59.8 Å². The maximum Gasteiger partial charge on any atom is 0.264 e. The molecule has 0 aliphatic heterocycles. The van der Waals surface area contributed by atoms with Crippen LogP contribution in [0.3, 0.4) is 0 Å². The zero-order chi connectivity index (χ0) is 13.0. The number of hydrogen-bond acceptors (Lipinski definition) is 8. The molecule has 0 aromatic rings. The summed E-state index contributed by atoms with van der Waals surface area (Å²) in [5.74, 6) is 0. The van der Waals surface area contributed by atoms with Gasteiger partial charge in [0.15, 0.2) is 0 Å². The Morgan fingerprint density at radius 1 is 1.06 bits per heavy atom. The zero-order valence-electron chi connectivity index (χ0n) is 9.24. The topological polar surface area (TPSA) is 133 Å². The van der Waals surface area contributed by atoms with Crippen LogP contribution in [0.4, 0.5) is 0 Å². The summed E-state index contributed by atoms with van der Waals surface area (Å²) in [5.41, 5.74) is 5.34. The molecule has 0 fully saturated rings. The van der Waals surface area contributed by atoms with Crippen LogP contribution >= 0.6 is 0 Å². The second kappa shape index (κ2) is 7.46. The lowest BCUT2D eigenvalue weighted by molar-refractivity contribution is -0.0000122. The average Bonchev–Trinajstić information content (AvgIpc) is 2.07. The third kappa shape index (κ3) is 12.3. The lowest BCUT2D eigenvalue weighted by atomic mass is 10.2. The van der Waals surface area contributed by atoms with Crippen LogP contribution < -0.4 is 18.1 Å².